The van der Waals surface area contributed by atoms with Gasteiger partial charge in [0.1, 0.15) is 6.10 Å². The predicted molar refractivity (Wildman–Crippen MR) is 162 cm³/mol. The maximum absolute atomic E-state index is 12.7. The summed E-state index contributed by atoms with van der Waals surface area (Å²) < 4.78 is 5.71. The number of nitrogens with zero attached hydrogens (tertiary/aromatic N) is 1. The van der Waals surface area contributed by atoms with E-state index in [0.29, 0.717) is 34.7 Å². The molecule has 10 atom stereocenters. The number of hydrazone groups is 1. The lowest BCUT2D eigenvalue weighted by Crippen LogP contribution is -2.55. The minimum atomic E-state index is -0.960. The van der Waals surface area contributed by atoms with Crippen LogP contribution in [0.3, 0.4) is 0 Å². The first kappa shape index (κ1) is 30.7. The minimum Gasteiger partial charge on any atom is -0.462 e. The normalized spacial score (nSPS) is 42.1. The highest BCUT2D eigenvalue weighted by Gasteiger charge is 2.72. The smallest absolute Gasteiger partial charge is 0.302 e. The van der Waals surface area contributed by atoms with Crippen molar-refractivity contribution in [2.24, 2.45) is 57.4 Å². The van der Waals surface area contributed by atoms with Crippen LogP contribution in [0.1, 0.15) is 113 Å². The molecule has 0 aliphatic heterocycles. The molecule has 3 N–H and O–H groups in total. The highest BCUT2D eigenvalue weighted by molar-refractivity contribution is 7.80. The molecule has 0 amide bonds. The van der Waals surface area contributed by atoms with E-state index in [9.17, 15) is 9.90 Å². The Bertz CT molecular complexity index is 926. The number of nitrogens with one attached hydrogen (secondary N) is 2. The summed E-state index contributed by atoms with van der Waals surface area (Å²) in [5.41, 5.74) is 2.12. The second-order valence-electron chi connectivity index (χ2n) is 14.4. The number of aliphatic hydroxyl groups is 1. The molecule has 0 aromatic carbocycles. The molecule has 6 nitrogen and oxygen atoms in total. The van der Waals surface area contributed by atoms with E-state index >= 15 is 0 Å². The summed E-state index contributed by atoms with van der Waals surface area (Å²) >= 11 is 5.37. The van der Waals surface area contributed by atoms with Crippen LogP contribution in [-0.2, 0) is 9.53 Å². The van der Waals surface area contributed by atoms with Crippen molar-refractivity contribution in [1.82, 2.24) is 10.7 Å². The summed E-state index contributed by atoms with van der Waals surface area (Å²) in [7, 11) is 0. The number of carbonyl (C=O) groups excluding carboxylic acids is 1. The molecule has 0 spiro atoms. The Morgan fingerprint density at radius 1 is 1.13 bits per heavy atom. The van der Waals surface area contributed by atoms with Gasteiger partial charge in [-0.15, -0.1) is 0 Å². The van der Waals surface area contributed by atoms with Gasteiger partial charge in [0.25, 0.3) is 0 Å². The third kappa shape index (κ3) is 5.65. The molecule has 0 radical (unpaired) electrons. The van der Waals surface area contributed by atoms with E-state index in [0.717, 1.165) is 43.6 Å². The zero-order valence-corrected chi connectivity index (χ0v) is 26.4. The highest BCUT2D eigenvalue weighted by Crippen LogP contribution is 2.73. The number of hydrogen-bond donors (Lipinski definition) is 3. The lowest BCUT2D eigenvalue weighted by molar-refractivity contribution is -0.170. The predicted octanol–water partition coefficient (Wildman–Crippen LogP) is 6.46. The van der Waals surface area contributed by atoms with Crippen molar-refractivity contribution < 1.29 is 14.6 Å². The number of esters is 1. The molecule has 0 bridgehead atoms. The second kappa shape index (κ2) is 12.0. The maximum Gasteiger partial charge on any atom is 0.302 e. The Kier molecular flexibility index (Phi) is 9.42. The average Bonchev–Trinajstić information content (AvgIpc) is 3.29. The molecule has 4 saturated carbocycles. The summed E-state index contributed by atoms with van der Waals surface area (Å²) in [5.74, 6) is 3.29. The molecule has 0 heterocycles. The standard InChI is InChI=1S/C32H55N3O3S/c1-8-33-29(39)35-34-19-27-28-25-13-12-24(21(4)11-9-10-20(2)3)30(25,6)16-15-26(28)31(7)17-14-23(38-22(5)36)18-32(27,31)37/h19-21,23-28,37H,8-18H2,1-7H3,(H2,33,35,39)/b34-19+/t21-,23+,24-,25+,26+,27-,28+,30-,31-,32-/m1/s1. The van der Waals surface area contributed by atoms with Crippen molar-refractivity contribution in [2.45, 2.75) is 124 Å². The average molecular weight is 562 g/mol. The van der Waals surface area contributed by atoms with Crippen LogP contribution in [0, 0.1) is 52.3 Å². The van der Waals surface area contributed by atoms with Crippen LogP contribution in [0.15, 0.2) is 5.10 Å². The number of hydrogen-bond acceptors (Lipinski definition) is 5. The van der Waals surface area contributed by atoms with E-state index in [4.69, 9.17) is 17.0 Å². The molecule has 222 valence electrons. The fourth-order valence-electron chi connectivity index (χ4n) is 10.1. The third-order valence-electron chi connectivity index (χ3n) is 11.9. The number of thiocarbonyl (C=S) groups is 1. The summed E-state index contributed by atoms with van der Waals surface area (Å²) in [6.45, 7) is 16.3. The van der Waals surface area contributed by atoms with Gasteiger partial charge in [0.15, 0.2) is 5.11 Å². The zero-order chi connectivity index (χ0) is 28.6. The Balaban J connectivity index is 1.64. The van der Waals surface area contributed by atoms with E-state index in [1.165, 1.54) is 45.4 Å². The first-order valence-corrected chi connectivity index (χ1v) is 16.2. The molecule has 7 heteroatoms. The molecular weight excluding hydrogens is 506 g/mol. The van der Waals surface area contributed by atoms with Gasteiger partial charge in [-0.05, 0) is 98.6 Å². The van der Waals surface area contributed by atoms with Gasteiger partial charge in [0.2, 0.25) is 0 Å². The van der Waals surface area contributed by atoms with Gasteiger partial charge in [-0.3, -0.25) is 10.2 Å². The summed E-state index contributed by atoms with van der Waals surface area (Å²) in [4.78, 5) is 11.9. The van der Waals surface area contributed by atoms with Crippen molar-refractivity contribution in [3.05, 3.63) is 0 Å². The fourth-order valence-corrected chi connectivity index (χ4v) is 10.3. The van der Waals surface area contributed by atoms with Crippen LogP contribution in [0.5, 0.6) is 0 Å². The van der Waals surface area contributed by atoms with Crippen LogP contribution >= 0.6 is 12.2 Å². The number of fused-ring (bicyclic) bond motifs is 5. The largest absolute Gasteiger partial charge is 0.462 e. The monoisotopic (exact) mass is 561 g/mol. The van der Waals surface area contributed by atoms with Gasteiger partial charge in [0, 0.05) is 37.4 Å². The van der Waals surface area contributed by atoms with Crippen molar-refractivity contribution in [1.29, 1.82) is 0 Å². The Morgan fingerprint density at radius 3 is 2.54 bits per heavy atom. The van der Waals surface area contributed by atoms with Crippen LogP contribution in [0.25, 0.3) is 0 Å². The molecule has 0 saturated heterocycles. The number of ether oxygens (including phenoxy) is 1. The SMILES string of the molecule is CCNC(=S)N/N=C/[C@@H]1[C@H]2[C@@H]3CC[C@H]([C@H](C)CCCC(C)C)[C@@]3(C)CC[C@@H]2[C@@]2(C)CC[C@H](OC(C)=O)C[C@@]12O. The minimum absolute atomic E-state index is 0.0950. The molecule has 4 fully saturated rings. The van der Waals surface area contributed by atoms with Crippen LogP contribution in [0.4, 0.5) is 0 Å². The van der Waals surface area contributed by atoms with E-state index < -0.39 is 5.60 Å². The molecular formula is C32H55N3O3S. The third-order valence-corrected chi connectivity index (χ3v) is 12.1. The van der Waals surface area contributed by atoms with Gasteiger partial charge in [-0.25, -0.2) is 0 Å². The zero-order valence-electron chi connectivity index (χ0n) is 25.6. The lowest BCUT2D eigenvalue weighted by Gasteiger charge is -2.52. The second-order valence-corrected chi connectivity index (χ2v) is 14.8. The topological polar surface area (TPSA) is 83.0 Å². The molecule has 4 rings (SSSR count). The molecule has 4 aliphatic carbocycles. The van der Waals surface area contributed by atoms with E-state index in [-0.39, 0.29) is 23.4 Å². The van der Waals surface area contributed by atoms with Crippen LogP contribution in [-0.4, -0.2) is 40.7 Å². The van der Waals surface area contributed by atoms with Crippen molar-refractivity contribution >= 4 is 29.5 Å². The molecule has 0 aromatic heterocycles. The van der Waals surface area contributed by atoms with Crippen molar-refractivity contribution in [2.75, 3.05) is 6.54 Å². The van der Waals surface area contributed by atoms with Gasteiger partial charge in [0.05, 0.1) is 5.60 Å². The number of rotatable bonds is 9. The molecule has 4 aliphatic rings. The quantitative estimate of drug-likeness (QED) is 0.130. The van der Waals surface area contributed by atoms with Gasteiger partial charge >= 0.3 is 5.97 Å². The van der Waals surface area contributed by atoms with Crippen LogP contribution in [0.2, 0.25) is 0 Å². The first-order valence-electron chi connectivity index (χ1n) is 15.8. The van der Waals surface area contributed by atoms with E-state index in [1.807, 2.05) is 13.1 Å². The first-order chi connectivity index (χ1) is 18.4. The Labute approximate surface area is 242 Å². The highest BCUT2D eigenvalue weighted by atomic mass is 32.1. The summed E-state index contributed by atoms with van der Waals surface area (Å²) in [5, 5.41) is 20.9. The van der Waals surface area contributed by atoms with Crippen LogP contribution < -0.4 is 10.7 Å². The van der Waals surface area contributed by atoms with Gasteiger partial charge < -0.3 is 15.2 Å². The molecule has 0 aromatic rings. The van der Waals surface area contributed by atoms with Gasteiger partial charge in [-0.1, -0.05) is 53.9 Å². The van der Waals surface area contributed by atoms with E-state index in [2.05, 4.69) is 50.5 Å². The fraction of sp³-hybridized carbons (Fsp3) is 0.906. The molecule has 0 unspecified atom stereocenters. The van der Waals surface area contributed by atoms with E-state index in [1.54, 1.807) is 0 Å². The van der Waals surface area contributed by atoms with Crippen molar-refractivity contribution in [3.8, 4) is 0 Å². The molecule has 39 heavy (non-hydrogen) atoms. The number of carbonyl (C=O) groups is 1. The Hall–Kier alpha value is -1.21. The maximum atomic E-state index is 12.7. The summed E-state index contributed by atoms with van der Waals surface area (Å²) in [6, 6.07) is 0. The lowest BCUT2D eigenvalue weighted by atomic mass is 9.53. The van der Waals surface area contributed by atoms with Crippen molar-refractivity contribution in [3.63, 3.8) is 0 Å². The van der Waals surface area contributed by atoms with Gasteiger partial charge in [-0.2, -0.15) is 5.10 Å². The Morgan fingerprint density at radius 2 is 1.87 bits per heavy atom. The summed E-state index contributed by atoms with van der Waals surface area (Å²) in [6.07, 6.45) is 12.9.